The van der Waals surface area contributed by atoms with Gasteiger partial charge in [-0.2, -0.15) is 4.98 Å². The highest BCUT2D eigenvalue weighted by molar-refractivity contribution is 6.09. The Labute approximate surface area is 249 Å². The predicted molar refractivity (Wildman–Crippen MR) is 176 cm³/mol. The molecule has 0 unspecified atom stereocenters. The summed E-state index contributed by atoms with van der Waals surface area (Å²) in [7, 11) is 0. The molecule has 3 heterocycles. The van der Waals surface area contributed by atoms with Gasteiger partial charge in [-0.25, -0.2) is 4.98 Å². The first-order chi connectivity index (χ1) is 21.1. The number of fused-ring (bicyclic) bond motifs is 8. The van der Waals surface area contributed by atoms with Gasteiger partial charge < -0.3 is 0 Å². The average Bonchev–Trinajstić information content (AvgIpc) is 3.66. The molecule has 0 atom stereocenters. The molecule has 1 aliphatic rings. The molecule has 9 rings (SSSR count). The molecule has 0 N–H and O–H groups in total. The van der Waals surface area contributed by atoms with Crippen molar-refractivity contribution in [2.75, 3.05) is 0 Å². The number of rotatable bonds is 3. The molecule has 5 aromatic carbocycles. The van der Waals surface area contributed by atoms with Crippen LogP contribution in [0.3, 0.4) is 0 Å². The highest BCUT2D eigenvalue weighted by Crippen LogP contribution is 2.53. The van der Waals surface area contributed by atoms with Crippen LogP contribution in [0.15, 0.2) is 133 Å². The lowest BCUT2D eigenvalue weighted by Crippen LogP contribution is -2.20. The normalized spacial score (nSPS) is 13.5. The lowest BCUT2D eigenvalue weighted by Gasteiger charge is -2.24. The summed E-state index contributed by atoms with van der Waals surface area (Å²) in [5.41, 5.74) is 10.3. The number of aromatic nitrogens is 4. The highest BCUT2D eigenvalue weighted by Gasteiger charge is 2.41. The van der Waals surface area contributed by atoms with Gasteiger partial charge in [-0.05, 0) is 29.3 Å². The lowest BCUT2D eigenvalue weighted by atomic mass is 9.85. The van der Waals surface area contributed by atoms with Crippen molar-refractivity contribution in [3.63, 3.8) is 0 Å². The molecule has 43 heavy (non-hydrogen) atoms. The second-order valence-electron chi connectivity index (χ2n) is 11.9. The summed E-state index contributed by atoms with van der Waals surface area (Å²) >= 11 is 0. The van der Waals surface area contributed by atoms with Crippen molar-refractivity contribution < 1.29 is 0 Å². The highest BCUT2D eigenvalue weighted by atomic mass is 15.2. The fraction of sp³-hybridized carbons (Fsp3) is 0.0769. The molecular weight excluding hydrogens is 524 g/mol. The van der Waals surface area contributed by atoms with Gasteiger partial charge >= 0.3 is 0 Å². The molecular formula is C39H28N4. The number of benzene rings is 5. The maximum absolute atomic E-state index is 5.41. The zero-order valence-electron chi connectivity index (χ0n) is 24.0. The molecule has 3 aromatic heterocycles. The molecule has 1 aliphatic carbocycles. The Kier molecular flexibility index (Phi) is 4.92. The van der Waals surface area contributed by atoms with E-state index in [9.17, 15) is 0 Å². The van der Waals surface area contributed by atoms with E-state index in [1.807, 2.05) is 6.07 Å². The van der Waals surface area contributed by atoms with E-state index in [0.717, 1.165) is 33.6 Å². The SMILES string of the molecule is CC1(C)c2ccccc2-c2c1n(-c1cc(-c3ccccc3)nc(-n3c4ccccc4c4ccccc43)n1)c1ccccc21. The topological polar surface area (TPSA) is 35.6 Å². The van der Waals surface area contributed by atoms with E-state index in [2.05, 4.69) is 150 Å². The summed E-state index contributed by atoms with van der Waals surface area (Å²) in [6, 6.07) is 47.2. The lowest BCUT2D eigenvalue weighted by molar-refractivity contribution is 0.620. The van der Waals surface area contributed by atoms with Crippen LogP contribution in [0.1, 0.15) is 25.1 Å². The van der Waals surface area contributed by atoms with Crippen molar-refractivity contribution in [2.45, 2.75) is 19.3 Å². The van der Waals surface area contributed by atoms with Crippen LogP contribution in [0.5, 0.6) is 0 Å². The largest absolute Gasteiger partial charge is 0.296 e. The maximum Gasteiger partial charge on any atom is 0.237 e. The molecule has 0 saturated heterocycles. The Hall–Kier alpha value is -5.48. The predicted octanol–water partition coefficient (Wildman–Crippen LogP) is 9.49. The maximum atomic E-state index is 5.41. The van der Waals surface area contributed by atoms with Gasteiger partial charge in [0.05, 0.1) is 22.2 Å². The van der Waals surface area contributed by atoms with Crippen molar-refractivity contribution in [1.29, 1.82) is 0 Å². The molecule has 204 valence electrons. The van der Waals surface area contributed by atoms with E-state index < -0.39 is 0 Å². The zero-order valence-corrected chi connectivity index (χ0v) is 24.0. The Bertz CT molecular complexity index is 2320. The standard InChI is InChI=1S/C39H28N4/c1-39(2)30-20-10-6-18-28(30)36-29-19-9-13-23-34(29)43(37(36)39)35-24-31(25-14-4-3-5-15-25)40-38(41-35)42-32-21-11-7-16-26(32)27-17-8-12-22-33(27)42/h3-24H,1-2H3. The van der Waals surface area contributed by atoms with Gasteiger partial charge in [-0.1, -0.05) is 123 Å². The summed E-state index contributed by atoms with van der Waals surface area (Å²) in [5.74, 6) is 1.53. The molecule has 0 spiro atoms. The molecule has 0 amide bonds. The minimum absolute atomic E-state index is 0.212. The van der Waals surface area contributed by atoms with E-state index >= 15 is 0 Å². The first-order valence-electron chi connectivity index (χ1n) is 14.8. The summed E-state index contributed by atoms with van der Waals surface area (Å²) in [5, 5.41) is 3.63. The molecule has 8 aromatic rings. The van der Waals surface area contributed by atoms with Gasteiger partial charge in [-0.3, -0.25) is 9.13 Å². The molecule has 0 bridgehead atoms. The van der Waals surface area contributed by atoms with Gasteiger partial charge in [-0.15, -0.1) is 0 Å². The van der Waals surface area contributed by atoms with E-state index in [1.54, 1.807) is 0 Å². The zero-order chi connectivity index (χ0) is 28.7. The van der Waals surface area contributed by atoms with Crippen molar-refractivity contribution >= 4 is 32.7 Å². The number of para-hydroxylation sites is 3. The second-order valence-corrected chi connectivity index (χ2v) is 11.9. The minimum Gasteiger partial charge on any atom is -0.296 e. The fourth-order valence-electron chi connectivity index (χ4n) is 7.25. The Morgan fingerprint density at radius 1 is 0.535 bits per heavy atom. The quantitative estimate of drug-likeness (QED) is 0.219. The average molecular weight is 553 g/mol. The molecule has 4 heteroatoms. The van der Waals surface area contributed by atoms with E-state index in [-0.39, 0.29) is 5.41 Å². The van der Waals surface area contributed by atoms with Gasteiger partial charge in [0.2, 0.25) is 5.95 Å². The summed E-state index contributed by atoms with van der Waals surface area (Å²) < 4.78 is 4.60. The Balaban J connectivity index is 1.42. The number of hydrogen-bond acceptors (Lipinski definition) is 2. The van der Waals surface area contributed by atoms with E-state index in [1.165, 1.54) is 38.5 Å². The van der Waals surface area contributed by atoms with Gasteiger partial charge in [0.15, 0.2) is 0 Å². The number of nitrogens with zero attached hydrogens (tertiary/aromatic N) is 4. The first kappa shape index (κ1) is 24.2. The Morgan fingerprint density at radius 3 is 1.79 bits per heavy atom. The molecule has 4 nitrogen and oxygen atoms in total. The summed E-state index contributed by atoms with van der Waals surface area (Å²) in [4.78, 5) is 10.7. The summed E-state index contributed by atoms with van der Waals surface area (Å²) in [6.07, 6.45) is 0. The third-order valence-corrected chi connectivity index (χ3v) is 9.12. The van der Waals surface area contributed by atoms with Crippen molar-refractivity contribution in [2.24, 2.45) is 0 Å². The van der Waals surface area contributed by atoms with Gasteiger partial charge in [0, 0.05) is 44.5 Å². The second kappa shape index (κ2) is 8.76. The van der Waals surface area contributed by atoms with Crippen LogP contribution in [-0.4, -0.2) is 19.1 Å². The minimum atomic E-state index is -0.212. The molecule has 0 radical (unpaired) electrons. The smallest absolute Gasteiger partial charge is 0.237 e. The van der Waals surface area contributed by atoms with Crippen LogP contribution < -0.4 is 0 Å². The van der Waals surface area contributed by atoms with Gasteiger partial charge in [0.25, 0.3) is 0 Å². The first-order valence-corrected chi connectivity index (χ1v) is 14.8. The van der Waals surface area contributed by atoms with Crippen molar-refractivity contribution in [3.8, 4) is 34.2 Å². The van der Waals surface area contributed by atoms with Crippen molar-refractivity contribution in [3.05, 3.63) is 145 Å². The summed E-state index contributed by atoms with van der Waals surface area (Å²) in [6.45, 7) is 4.67. The monoisotopic (exact) mass is 552 g/mol. The third kappa shape index (κ3) is 3.32. The number of hydrogen-bond donors (Lipinski definition) is 0. The molecule has 0 aliphatic heterocycles. The molecule has 0 fully saturated rings. The van der Waals surface area contributed by atoms with Crippen LogP contribution in [-0.2, 0) is 5.41 Å². The van der Waals surface area contributed by atoms with Crippen LogP contribution in [0.2, 0.25) is 0 Å². The van der Waals surface area contributed by atoms with Crippen LogP contribution in [0.25, 0.3) is 66.9 Å². The third-order valence-electron chi connectivity index (χ3n) is 9.12. The Morgan fingerprint density at radius 2 is 1.09 bits per heavy atom. The van der Waals surface area contributed by atoms with Gasteiger partial charge in [0.1, 0.15) is 5.82 Å². The van der Waals surface area contributed by atoms with E-state index in [4.69, 9.17) is 9.97 Å². The van der Waals surface area contributed by atoms with Crippen LogP contribution >= 0.6 is 0 Å². The fourth-order valence-corrected chi connectivity index (χ4v) is 7.25. The van der Waals surface area contributed by atoms with Crippen LogP contribution in [0, 0.1) is 0 Å². The van der Waals surface area contributed by atoms with Crippen molar-refractivity contribution in [1.82, 2.24) is 19.1 Å². The molecule has 0 saturated carbocycles. The van der Waals surface area contributed by atoms with Crippen LogP contribution in [0.4, 0.5) is 0 Å². The van der Waals surface area contributed by atoms with E-state index in [0.29, 0.717) is 5.95 Å².